The monoisotopic (exact) mass is 501 g/mol. The fourth-order valence-electron chi connectivity index (χ4n) is 5.54. The maximum Gasteiger partial charge on any atom is 0.191 e. The second kappa shape index (κ2) is 10.6. The van der Waals surface area contributed by atoms with Crippen molar-refractivity contribution in [2.24, 2.45) is 17.8 Å². The summed E-state index contributed by atoms with van der Waals surface area (Å²) in [6, 6.07) is 14.1. The number of para-hydroxylation sites is 1. The smallest absolute Gasteiger partial charge is 0.191 e. The summed E-state index contributed by atoms with van der Waals surface area (Å²) in [4.78, 5) is 0. The Balaban J connectivity index is 1.29. The van der Waals surface area contributed by atoms with E-state index < -0.39 is 0 Å². The first-order valence-electron chi connectivity index (χ1n) is 11.9. The van der Waals surface area contributed by atoms with Crippen LogP contribution in [-0.4, -0.2) is 27.1 Å². The molecule has 0 radical (unpaired) electrons. The molecule has 180 valence electrons. The third-order valence-corrected chi connectivity index (χ3v) is 8.27. The fourth-order valence-corrected chi connectivity index (χ4v) is 6.58. The molecule has 2 aliphatic carbocycles. The van der Waals surface area contributed by atoms with Gasteiger partial charge >= 0.3 is 0 Å². The number of rotatable bonds is 10. The van der Waals surface area contributed by atoms with Crippen LogP contribution < -0.4 is 9.47 Å². The first kappa shape index (κ1) is 23.5. The number of aromatic nitrogens is 3. The summed E-state index contributed by atoms with van der Waals surface area (Å²) < 4.78 is 27.9. The highest BCUT2D eigenvalue weighted by molar-refractivity contribution is 7.99. The van der Waals surface area contributed by atoms with E-state index in [1.807, 2.05) is 24.3 Å². The molecule has 5 nitrogen and oxygen atoms in total. The highest BCUT2D eigenvalue weighted by atomic mass is 35.5. The number of hydrogen-bond acceptors (Lipinski definition) is 5. The molecular weight excluding hydrogens is 473 g/mol. The van der Waals surface area contributed by atoms with Crippen molar-refractivity contribution < 1.29 is 13.9 Å². The molecule has 0 unspecified atom stereocenters. The quantitative estimate of drug-likeness (QED) is 0.225. The van der Waals surface area contributed by atoms with E-state index in [4.69, 9.17) is 21.1 Å². The topological polar surface area (TPSA) is 49.2 Å². The molecule has 2 fully saturated rings. The zero-order chi connectivity index (χ0) is 23.5. The Labute approximate surface area is 209 Å². The average molecular weight is 502 g/mol. The van der Waals surface area contributed by atoms with Crippen LogP contribution in [0.15, 0.2) is 53.7 Å². The van der Waals surface area contributed by atoms with Crippen molar-refractivity contribution in [3.05, 3.63) is 65.2 Å². The predicted octanol–water partition coefficient (Wildman–Crippen LogP) is 6.82. The van der Waals surface area contributed by atoms with Crippen molar-refractivity contribution in [2.45, 2.75) is 50.4 Å². The van der Waals surface area contributed by atoms with Crippen LogP contribution in [0.3, 0.4) is 0 Å². The number of ether oxygens (including phenoxy) is 2. The van der Waals surface area contributed by atoms with Gasteiger partial charge in [0.1, 0.15) is 12.4 Å². The zero-order valence-electron chi connectivity index (χ0n) is 19.2. The van der Waals surface area contributed by atoms with Gasteiger partial charge < -0.3 is 9.47 Å². The van der Waals surface area contributed by atoms with Gasteiger partial charge in [-0.2, -0.15) is 0 Å². The molecule has 0 N–H and O–H groups in total. The normalized spacial score (nSPS) is 22.1. The van der Waals surface area contributed by atoms with E-state index in [1.54, 1.807) is 30.0 Å². The van der Waals surface area contributed by atoms with Crippen LogP contribution in [-0.2, 0) is 6.61 Å². The second-order valence-electron chi connectivity index (χ2n) is 9.22. The Morgan fingerprint density at radius 3 is 2.76 bits per heavy atom. The Hall–Kier alpha value is -2.25. The predicted molar refractivity (Wildman–Crippen MR) is 132 cm³/mol. The average Bonchev–Trinajstić information content (AvgIpc) is 3.57. The second-order valence-corrected chi connectivity index (χ2v) is 10.7. The minimum absolute atomic E-state index is 0.179. The lowest BCUT2D eigenvalue weighted by atomic mass is 9.84. The maximum absolute atomic E-state index is 14.1. The Morgan fingerprint density at radius 2 is 2.00 bits per heavy atom. The van der Waals surface area contributed by atoms with Crippen LogP contribution in [0.5, 0.6) is 11.5 Å². The molecule has 0 aliphatic heterocycles. The van der Waals surface area contributed by atoms with Gasteiger partial charge in [-0.3, -0.25) is 4.57 Å². The van der Waals surface area contributed by atoms with Gasteiger partial charge in [-0.05, 0) is 74.3 Å². The maximum atomic E-state index is 14.1. The Bertz CT molecular complexity index is 1130. The van der Waals surface area contributed by atoms with E-state index in [0.29, 0.717) is 17.5 Å². The van der Waals surface area contributed by atoms with E-state index in [9.17, 15) is 4.39 Å². The molecule has 2 aliphatic rings. The van der Waals surface area contributed by atoms with Gasteiger partial charge in [-0.15, -0.1) is 10.2 Å². The fraction of sp³-hybridized carbons (Fsp3) is 0.462. The van der Waals surface area contributed by atoms with E-state index in [2.05, 4.69) is 21.7 Å². The molecule has 0 saturated heterocycles. The molecule has 1 heterocycles. The highest BCUT2D eigenvalue weighted by Crippen LogP contribution is 2.52. The molecular formula is C26H29ClFN3O2S. The molecule has 2 aromatic carbocycles. The highest BCUT2D eigenvalue weighted by Gasteiger charge is 2.43. The van der Waals surface area contributed by atoms with Gasteiger partial charge in [0, 0.05) is 16.8 Å². The minimum atomic E-state index is -0.373. The summed E-state index contributed by atoms with van der Waals surface area (Å²) in [5.41, 5.74) is 0. The van der Waals surface area contributed by atoms with E-state index in [1.165, 1.54) is 31.7 Å². The van der Waals surface area contributed by atoms with Crippen LogP contribution in [0.4, 0.5) is 4.39 Å². The molecule has 0 spiro atoms. The van der Waals surface area contributed by atoms with Gasteiger partial charge in [-0.25, -0.2) is 4.39 Å². The number of thioether (sulfide) groups is 1. The summed E-state index contributed by atoms with van der Waals surface area (Å²) in [6.07, 6.45) is 5.29. The molecule has 8 heteroatoms. The first-order chi connectivity index (χ1) is 16.6. The van der Waals surface area contributed by atoms with Gasteiger partial charge in [0.15, 0.2) is 22.5 Å². The molecule has 3 aromatic rings. The summed E-state index contributed by atoms with van der Waals surface area (Å²) in [5.74, 6) is 4.31. The van der Waals surface area contributed by atoms with Crippen molar-refractivity contribution in [1.82, 2.24) is 14.8 Å². The summed E-state index contributed by atoms with van der Waals surface area (Å²) in [7, 11) is 0. The largest absolute Gasteiger partial charge is 0.493 e. The van der Waals surface area contributed by atoms with Crippen molar-refractivity contribution in [3.63, 3.8) is 0 Å². The number of benzene rings is 2. The van der Waals surface area contributed by atoms with E-state index >= 15 is 0 Å². The van der Waals surface area contributed by atoms with Crippen LogP contribution in [0, 0.1) is 23.6 Å². The van der Waals surface area contributed by atoms with E-state index in [0.717, 1.165) is 34.3 Å². The first-order valence-corrected chi connectivity index (χ1v) is 13.3. The molecule has 34 heavy (non-hydrogen) atoms. The van der Waals surface area contributed by atoms with Gasteiger partial charge in [0.05, 0.1) is 6.61 Å². The molecule has 2 saturated carbocycles. The summed E-state index contributed by atoms with van der Waals surface area (Å²) >= 11 is 7.67. The van der Waals surface area contributed by atoms with Gasteiger partial charge in [0.2, 0.25) is 0 Å². The third-order valence-electron chi connectivity index (χ3n) is 7.13. The lowest BCUT2D eigenvalue weighted by Crippen LogP contribution is -2.24. The number of fused-ring (bicyclic) bond motifs is 2. The van der Waals surface area contributed by atoms with Crippen molar-refractivity contribution in [1.29, 1.82) is 0 Å². The Kier molecular flexibility index (Phi) is 7.30. The minimum Gasteiger partial charge on any atom is -0.493 e. The lowest BCUT2D eigenvalue weighted by Gasteiger charge is -2.30. The molecule has 4 atom stereocenters. The molecule has 1 aromatic heterocycles. The van der Waals surface area contributed by atoms with Crippen LogP contribution >= 0.6 is 23.4 Å². The van der Waals surface area contributed by atoms with Crippen molar-refractivity contribution in [3.8, 4) is 11.5 Å². The third kappa shape index (κ3) is 5.20. The van der Waals surface area contributed by atoms with Gasteiger partial charge in [0.25, 0.3) is 0 Å². The summed E-state index contributed by atoms with van der Waals surface area (Å²) in [6.45, 7) is 2.98. The van der Waals surface area contributed by atoms with Crippen LogP contribution in [0.1, 0.15) is 44.5 Å². The molecule has 5 rings (SSSR count). The zero-order valence-corrected chi connectivity index (χ0v) is 20.8. The molecule has 0 amide bonds. The Morgan fingerprint density at radius 1 is 1.12 bits per heavy atom. The van der Waals surface area contributed by atoms with Crippen LogP contribution in [0.25, 0.3) is 0 Å². The number of hydrogen-bond donors (Lipinski definition) is 0. The van der Waals surface area contributed by atoms with Crippen molar-refractivity contribution in [2.75, 3.05) is 12.4 Å². The number of halogens is 2. The molecule has 2 bridgehead atoms. The van der Waals surface area contributed by atoms with Crippen LogP contribution in [0.2, 0.25) is 5.02 Å². The van der Waals surface area contributed by atoms with Gasteiger partial charge in [-0.1, -0.05) is 48.0 Å². The van der Waals surface area contributed by atoms with Crippen molar-refractivity contribution >= 4 is 23.4 Å². The number of nitrogens with zero attached hydrogens (tertiary/aromatic N) is 3. The lowest BCUT2D eigenvalue weighted by molar-refractivity contribution is 0.215. The summed E-state index contributed by atoms with van der Waals surface area (Å²) in [5, 5.41) is 10.5. The SMILES string of the molecule is C[C@H]([C@H]1C[C@H]2CC[C@H]1C2)n1c(COc2ccccc2F)nnc1SCCOc1cccc(Cl)c1. The standard InChI is InChI=1S/C26H29ClFN3O2S/c1-17(22-14-18-9-10-19(22)13-18)31-25(16-33-24-8-3-2-7-23(24)28)29-30-26(31)34-12-11-32-21-6-4-5-20(27)15-21/h2-8,15,17-19,22H,9-14,16H2,1H3/t17-,18+,19+,22-/m1/s1. The van der Waals surface area contributed by atoms with E-state index in [-0.39, 0.29) is 24.2 Å².